The summed E-state index contributed by atoms with van der Waals surface area (Å²) in [6, 6.07) is 5.98. The Morgan fingerprint density at radius 1 is 1.28 bits per heavy atom. The minimum absolute atomic E-state index is 0.0118. The van der Waals surface area contributed by atoms with Crippen molar-refractivity contribution < 1.29 is 4.79 Å². The molecule has 4 heterocycles. The van der Waals surface area contributed by atoms with Crippen molar-refractivity contribution in [2.45, 2.75) is 32.7 Å². The fraction of sp³-hybridized carbons (Fsp3) is 0.333. The highest BCUT2D eigenvalue weighted by Gasteiger charge is 2.33. The average Bonchev–Trinajstić information content (AvgIpc) is 3.35. The molecule has 4 rings (SSSR count). The second-order valence-corrected chi connectivity index (χ2v) is 7.04. The van der Waals surface area contributed by atoms with Gasteiger partial charge in [-0.15, -0.1) is 11.3 Å². The summed E-state index contributed by atoms with van der Waals surface area (Å²) >= 11 is 1.41. The number of pyridine rings is 1. The van der Waals surface area contributed by atoms with Crippen LogP contribution in [0.15, 0.2) is 36.1 Å². The van der Waals surface area contributed by atoms with Gasteiger partial charge in [-0.3, -0.25) is 9.36 Å². The second kappa shape index (κ2) is 6.40. The third-order valence-corrected chi connectivity index (χ3v) is 5.54. The lowest BCUT2D eigenvalue weighted by molar-refractivity contribution is 0.0737. The molecule has 3 aromatic heterocycles. The lowest BCUT2D eigenvalue weighted by Gasteiger charge is -2.24. The summed E-state index contributed by atoms with van der Waals surface area (Å²) in [5.74, 6) is 1.79. The van der Waals surface area contributed by atoms with Gasteiger partial charge >= 0.3 is 0 Å². The highest BCUT2D eigenvalue weighted by atomic mass is 32.1. The topological polar surface area (TPSA) is 63.9 Å². The number of amides is 1. The molecular weight excluding hydrogens is 334 g/mol. The van der Waals surface area contributed by atoms with Gasteiger partial charge in [0.1, 0.15) is 16.5 Å². The molecule has 1 aliphatic rings. The van der Waals surface area contributed by atoms with Crippen LogP contribution >= 0.6 is 11.3 Å². The SMILES string of the molecule is Cc1ncsc1C(=O)N1CCC[C@@H]1c1cccc(-n2ccnc2C)n1. The molecule has 0 saturated carbocycles. The molecule has 1 aliphatic heterocycles. The fourth-order valence-corrected chi connectivity index (χ4v) is 4.09. The maximum Gasteiger partial charge on any atom is 0.266 e. The number of rotatable bonds is 3. The predicted octanol–water partition coefficient (Wildman–Crippen LogP) is 3.32. The molecule has 128 valence electrons. The molecule has 7 heteroatoms. The van der Waals surface area contributed by atoms with E-state index in [1.54, 1.807) is 11.7 Å². The van der Waals surface area contributed by atoms with Gasteiger partial charge in [0.05, 0.1) is 22.9 Å². The van der Waals surface area contributed by atoms with E-state index in [0.29, 0.717) is 0 Å². The van der Waals surface area contributed by atoms with Gasteiger partial charge in [-0.1, -0.05) is 6.07 Å². The van der Waals surface area contributed by atoms with Crippen molar-refractivity contribution in [3.63, 3.8) is 0 Å². The van der Waals surface area contributed by atoms with E-state index >= 15 is 0 Å². The van der Waals surface area contributed by atoms with Crippen molar-refractivity contribution >= 4 is 17.2 Å². The van der Waals surface area contributed by atoms with E-state index < -0.39 is 0 Å². The Morgan fingerprint density at radius 3 is 2.88 bits per heavy atom. The van der Waals surface area contributed by atoms with Crippen LogP contribution in [0.3, 0.4) is 0 Å². The van der Waals surface area contributed by atoms with Crippen LogP contribution in [0, 0.1) is 13.8 Å². The zero-order valence-corrected chi connectivity index (χ0v) is 15.0. The van der Waals surface area contributed by atoms with Crippen LogP contribution in [0.1, 0.15) is 45.8 Å². The monoisotopic (exact) mass is 353 g/mol. The molecule has 1 saturated heterocycles. The van der Waals surface area contributed by atoms with Gasteiger partial charge in [0.15, 0.2) is 0 Å². The highest BCUT2D eigenvalue weighted by molar-refractivity contribution is 7.11. The van der Waals surface area contributed by atoms with Gasteiger partial charge in [0.2, 0.25) is 0 Å². The minimum Gasteiger partial charge on any atom is -0.329 e. The van der Waals surface area contributed by atoms with Gasteiger partial charge in [0.25, 0.3) is 5.91 Å². The zero-order valence-electron chi connectivity index (χ0n) is 14.2. The molecule has 1 fully saturated rings. The Morgan fingerprint density at radius 2 is 2.16 bits per heavy atom. The number of carbonyl (C=O) groups is 1. The first kappa shape index (κ1) is 16.0. The van der Waals surface area contributed by atoms with Crippen LogP contribution in [0.4, 0.5) is 0 Å². The molecule has 0 N–H and O–H groups in total. The summed E-state index contributed by atoms with van der Waals surface area (Å²) in [6.07, 6.45) is 5.59. The highest BCUT2D eigenvalue weighted by Crippen LogP contribution is 2.33. The standard InChI is InChI=1S/C18H19N5OS/c1-12-17(25-11-20-12)18(24)23-9-4-6-15(23)14-5-3-7-16(21-14)22-10-8-19-13(22)2/h3,5,7-8,10-11,15H,4,6,9H2,1-2H3/t15-/m1/s1. The van der Waals surface area contributed by atoms with Crippen LogP contribution in [-0.4, -0.2) is 36.9 Å². The minimum atomic E-state index is 0.0118. The summed E-state index contributed by atoms with van der Waals surface area (Å²) in [5, 5.41) is 0. The number of aryl methyl sites for hydroxylation is 2. The molecular formula is C18H19N5OS. The van der Waals surface area contributed by atoms with Crippen molar-refractivity contribution in [3.05, 3.63) is 58.2 Å². The molecule has 6 nitrogen and oxygen atoms in total. The molecule has 0 radical (unpaired) electrons. The van der Waals surface area contributed by atoms with E-state index in [-0.39, 0.29) is 11.9 Å². The van der Waals surface area contributed by atoms with Crippen LogP contribution in [-0.2, 0) is 0 Å². The Labute approximate surface area is 150 Å². The van der Waals surface area contributed by atoms with Crippen molar-refractivity contribution in [1.82, 2.24) is 24.4 Å². The third kappa shape index (κ3) is 2.84. The van der Waals surface area contributed by atoms with E-state index in [9.17, 15) is 4.79 Å². The van der Waals surface area contributed by atoms with Crippen molar-refractivity contribution in [3.8, 4) is 5.82 Å². The number of likely N-dealkylation sites (tertiary alicyclic amines) is 1. The van der Waals surface area contributed by atoms with E-state index in [2.05, 4.69) is 9.97 Å². The first-order chi connectivity index (χ1) is 12.1. The number of hydrogen-bond donors (Lipinski definition) is 0. The predicted molar refractivity (Wildman–Crippen MR) is 96.0 cm³/mol. The number of aromatic nitrogens is 4. The smallest absolute Gasteiger partial charge is 0.266 e. The van der Waals surface area contributed by atoms with Crippen LogP contribution < -0.4 is 0 Å². The van der Waals surface area contributed by atoms with Crippen molar-refractivity contribution in [2.75, 3.05) is 6.54 Å². The van der Waals surface area contributed by atoms with Gasteiger partial charge < -0.3 is 4.90 Å². The summed E-state index contributed by atoms with van der Waals surface area (Å²) < 4.78 is 1.96. The van der Waals surface area contributed by atoms with Crippen molar-refractivity contribution in [2.24, 2.45) is 0 Å². The van der Waals surface area contributed by atoms with E-state index in [0.717, 1.165) is 47.3 Å². The van der Waals surface area contributed by atoms with E-state index in [1.807, 2.05) is 47.7 Å². The molecule has 3 aromatic rings. The van der Waals surface area contributed by atoms with Gasteiger partial charge in [0, 0.05) is 18.9 Å². The number of hydrogen-bond acceptors (Lipinski definition) is 5. The largest absolute Gasteiger partial charge is 0.329 e. The lowest BCUT2D eigenvalue weighted by atomic mass is 10.1. The molecule has 0 unspecified atom stereocenters. The summed E-state index contributed by atoms with van der Waals surface area (Å²) in [4.78, 5) is 28.9. The van der Waals surface area contributed by atoms with Crippen LogP contribution in [0.5, 0.6) is 0 Å². The van der Waals surface area contributed by atoms with E-state index in [1.165, 1.54) is 11.3 Å². The molecule has 0 spiro atoms. The van der Waals surface area contributed by atoms with Crippen LogP contribution in [0.2, 0.25) is 0 Å². The number of carbonyl (C=O) groups excluding carboxylic acids is 1. The molecule has 0 bridgehead atoms. The van der Waals surface area contributed by atoms with Gasteiger partial charge in [-0.25, -0.2) is 15.0 Å². The number of imidazole rings is 1. The molecule has 0 aromatic carbocycles. The quantitative estimate of drug-likeness (QED) is 0.725. The summed E-state index contributed by atoms with van der Waals surface area (Å²) in [7, 11) is 0. The first-order valence-corrected chi connectivity index (χ1v) is 9.21. The second-order valence-electron chi connectivity index (χ2n) is 6.19. The molecule has 25 heavy (non-hydrogen) atoms. The zero-order chi connectivity index (χ0) is 17.4. The molecule has 1 atom stereocenters. The Kier molecular flexibility index (Phi) is 4.09. The first-order valence-electron chi connectivity index (χ1n) is 8.33. The summed E-state index contributed by atoms with van der Waals surface area (Å²) in [6.45, 7) is 4.60. The summed E-state index contributed by atoms with van der Waals surface area (Å²) in [5.41, 5.74) is 3.46. The number of nitrogens with zero attached hydrogens (tertiary/aromatic N) is 5. The van der Waals surface area contributed by atoms with Gasteiger partial charge in [-0.05, 0) is 38.8 Å². The normalized spacial score (nSPS) is 17.2. The maximum absolute atomic E-state index is 12.9. The van der Waals surface area contributed by atoms with Crippen molar-refractivity contribution in [1.29, 1.82) is 0 Å². The Bertz CT molecular complexity index is 916. The molecule has 0 aliphatic carbocycles. The van der Waals surface area contributed by atoms with Gasteiger partial charge in [-0.2, -0.15) is 0 Å². The maximum atomic E-state index is 12.9. The van der Waals surface area contributed by atoms with E-state index in [4.69, 9.17) is 4.98 Å². The average molecular weight is 353 g/mol. The lowest BCUT2D eigenvalue weighted by Crippen LogP contribution is -2.31. The third-order valence-electron chi connectivity index (χ3n) is 4.62. The van der Waals surface area contributed by atoms with Crippen LogP contribution in [0.25, 0.3) is 5.82 Å². The Hall–Kier alpha value is -2.54. The number of thiazole rings is 1. The Balaban J connectivity index is 1.66. The molecule has 1 amide bonds. The fourth-order valence-electron chi connectivity index (χ4n) is 3.33.